The molecule has 90 valence electrons. The average Bonchev–Trinajstić information content (AvgIpc) is 2.12. The summed E-state index contributed by atoms with van der Waals surface area (Å²) in [5, 5.41) is 0.140. The molecule has 0 fully saturated rings. The van der Waals surface area contributed by atoms with Gasteiger partial charge in [0.1, 0.15) is 5.82 Å². The van der Waals surface area contributed by atoms with Crippen molar-refractivity contribution in [2.75, 3.05) is 10.5 Å². The van der Waals surface area contributed by atoms with Crippen molar-refractivity contribution in [3.63, 3.8) is 0 Å². The number of rotatable bonds is 4. The minimum atomic E-state index is -3.46. The zero-order chi connectivity index (χ0) is 12.3. The molecule has 0 bridgehead atoms. The Balaban J connectivity index is 3.07. The molecule has 1 aromatic rings. The van der Waals surface area contributed by atoms with Gasteiger partial charge in [-0.15, -0.1) is 0 Å². The van der Waals surface area contributed by atoms with Crippen molar-refractivity contribution < 1.29 is 12.8 Å². The molecule has 0 amide bonds. The van der Waals surface area contributed by atoms with E-state index >= 15 is 0 Å². The van der Waals surface area contributed by atoms with Gasteiger partial charge in [-0.3, -0.25) is 4.72 Å². The summed E-state index contributed by atoms with van der Waals surface area (Å²) in [6.45, 7) is 1.74. The smallest absolute Gasteiger partial charge is 0.232 e. The Bertz CT molecular complexity index is 493. The Morgan fingerprint density at radius 1 is 1.50 bits per heavy atom. The highest BCUT2D eigenvalue weighted by Crippen LogP contribution is 2.32. The van der Waals surface area contributed by atoms with Gasteiger partial charge >= 0.3 is 0 Å². The van der Waals surface area contributed by atoms with Crippen LogP contribution >= 0.6 is 27.5 Å². The molecule has 0 saturated carbocycles. The average molecular weight is 331 g/mol. The van der Waals surface area contributed by atoms with Crippen molar-refractivity contribution in [2.24, 2.45) is 0 Å². The molecular weight excluding hydrogens is 321 g/mol. The van der Waals surface area contributed by atoms with Crippen LogP contribution in [0.5, 0.6) is 0 Å². The van der Waals surface area contributed by atoms with Crippen LogP contribution in [0.2, 0.25) is 5.02 Å². The Morgan fingerprint density at radius 2 is 2.12 bits per heavy atom. The van der Waals surface area contributed by atoms with E-state index in [1.165, 1.54) is 6.07 Å². The third-order valence-corrected chi connectivity index (χ3v) is 4.47. The summed E-state index contributed by atoms with van der Waals surface area (Å²) in [5.41, 5.74) is 0.0435. The molecule has 0 unspecified atom stereocenters. The highest BCUT2D eigenvalue weighted by atomic mass is 79.9. The van der Waals surface area contributed by atoms with Gasteiger partial charge in [0.2, 0.25) is 10.0 Å². The third-order valence-electron chi connectivity index (χ3n) is 1.73. The predicted molar refractivity (Wildman–Crippen MR) is 66.8 cm³/mol. The molecule has 1 rings (SSSR count). The summed E-state index contributed by atoms with van der Waals surface area (Å²) in [6, 6.07) is 2.21. The van der Waals surface area contributed by atoms with Gasteiger partial charge in [-0.25, -0.2) is 12.8 Å². The van der Waals surface area contributed by atoms with Crippen LogP contribution in [0.4, 0.5) is 10.1 Å². The molecule has 0 saturated heterocycles. The Hall–Kier alpha value is -0.330. The van der Waals surface area contributed by atoms with Gasteiger partial charge in [-0.05, 0) is 34.5 Å². The Kier molecular flexibility index (Phi) is 4.58. The van der Waals surface area contributed by atoms with Crippen LogP contribution in [0.25, 0.3) is 0 Å². The number of benzene rings is 1. The third kappa shape index (κ3) is 3.61. The van der Waals surface area contributed by atoms with Gasteiger partial charge in [-0.2, -0.15) is 0 Å². The second-order valence-electron chi connectivity index (χ2n) is 3.17. The van der Waals surface area contributed by atoms with Gasteiger partial charge < -0.3 is 0 Å². The first-order valence-corrected chi connectivity index (χ1v) is 7.33. The number of nitrogens with one attached hydrogen (secondary N) is 1. The van der Waals surface area contributed by atoms with E-state index in [0.717, 1.165) is 6.07 Å². The lowest BCUT2D eigenvalue weighted by molar-refractivity contribution is 0.599. The normalized spacial score (nSPS) is 11.5. The fraction of sp³-hybridized carbons (Fsp3) is 0.333. The maximum absolute atomic E-state index is 13.0. The molecule has 0 aromatic heterocycles. The first-order chi connectivity index (χ1) is 7.35. The van der Waals surface area contributed by atoms with Crippen LogP contribution in [-0.2, 0) is 10.0 Å². The molecule has 0 aliphatic carbocycles. The van der Waals surface area contributed by atoms with Gasteiger partial charge in [0.05, 0.1) is 16.5 Å². The largest absolute Gasteiger partial charge is 0.282 e. The van der Waals surface area contributed by atoms with Crippen LogP contribution < -0.4 is 4.72 Å². The number of hydrogen-bond acceptors (Lipinski definition) is 2. The fourth-order valence-corrected chi connectivity index (χ4v) is 2.90. The van der Waals surface area contributed by atoms with E-state index in [2.05, 4.69) is 20.7 Å². The highest BCUT2D eigenvalue weighted by molar-refractivity contribution is 9.10. The van der Waals surface area contributed by atoms with Crippen LogP contribution in [0.15, 0.2) is 16.6 Å². The van der Waals surface area contributed by atoms with Gasteiger partial charge in [-0.1, -0.05) is 18.5 Å². The van der Waals surface area contributed by atoms with Crippen molar-refractivity contribution in [1.82, 2.24) is 0 Å². The summed E-state index contributed by atoms with van der Waals surface area (Å²) >= 11 is 8.87. The molecule has 7 heteroatoms. The summed E-state index contributed by atoms with van der Waals surface area (Å²) < 4.78 is 38.5. The Labute approximate surface area is 107 Å². The van der Waals surface area contributed by atoms with Crippen LogP contribution in [0, 0.1) is 5.82 Å². The molecule has 0 atom stereocenters. The van der Waals surface area contributed by atoms with E-state index in [-0.39, 0.29) is 16.5 Å². The lowest BCUT2D eigenvalue weighted by Gasteiger charge is -2.09. The van der Waals surface area contributed by atoms with Crippen molar-refractivity contribution >= 4 is 43.2 Å². The maximum atomic E-state index is 13.0. The van der Waals surface area contributed by atoms with E-state index < -0.39 is 15.8 Å². The lowest BCUT2D eigenvalue weighted by atomic mass is 10.3. The molecule has 0 aliphatic heterocycles. The summed E-state index contributed by atoms with van der Waals surface area (Å²) in [6.07, 6.45) is 0.476. The predicted octanol–water partition coefficient (Wildman–Crippen LogP) is 3.39. The van der Waals surface area contributed by atoms with Crippen molar-refractivity contribution in [3.05, 3.63) is 27.4 Å². The first kappa shape index (κ1) is 13.7. The summed E-state index contributed by atoms with van der Waals surface area (Å²) in [7, 11) is -3.46. The summed E-state index contributed by atoms with van der Waals surface area (Å²) in [5.74, 6) is -0.595. The first-order valence-electron chi connectivity index (χ1n) is 4.50. The number of hydrogen-bond donors (Lipinski definition) is 1. The van der Waals surface area contributed by atoms with Crippen molar-refractivity contribution in [3.8, 4) is 0 Å². The Morgan fingerprint density at radius 3 is 2.69 bits per heavy atom. The fourth-order valence-electron chi connectivity index (χ4n) is 1.12. The molecule has 0 spiro atoms. The second kappa shape index (κ2) is 5.33. The topological polar surface area (TPSA) is 46.2 Å². The maximum Gasteiger partial charge on any atom is 0.232 e. The highest BCUT2D eigenvalue weighted by Gasteiger charge is 2.14. The number of sulfonamides is 1. The quantitative estimate of drug-likeness (QED) is 0.860. The van der Waals surface area contributed by atoms with E-state index in [0.29, 0.717) is 10.9 Å². The van der Waals surface area contributed by atoms with Crippen LogP contribution in [0.3, 0.4) is 0 Å². The minimum absolute atomic E-state index is 0.0303. The van der Waals surface area contributed by atoms with E-state index in [9.17, 15) is 12.8 Å². The number of anilines is 1. The van der Waals surface area contributed by atoms with Gasteiger partial charge in [0.25, 0.3) is 0 Å². The molecule has 16 heavy (non-hydrogen) atoms. The minimum Gasteiger partial charge on any atom is -0.282 e. The monoisotopic (exact) mass is 329 g/mol. The van der Waals surface area contributed by atoms with E-state index in [1.54, 1.807) is 6.92 Å². The number of halogens is 3. The lowest BCUT2D eigenvalue weighted by Crippen LogP contribution is -2.16. The second-order valence-corrected chi connectivity index (χ2v) is 6.24. The summed E-state index contributed by atoms with van der Waals surface area (Å²) in [4.78, 5) is 0. The van der Waals surface area contributed by atoms with Crippen molar-refractivity contribution in [1.29, 1.82) is 0 Å². The molecule has 0 heterocycles. The molecule has 1 aromatic carbocycles. The molecule has 3 nitrogen and oxygen atoms in total. The molecule has 0 radical (unpaired) electrons. The van der Waals surface area contributed by atoms with E-state index in [1.807, 2.05) is 0 Å². The molecular formula is C9H10BrClFNO2S. The SMILES string of the molecule is CCCS(=O)(=O)Nc1cc(F)cc(Br)c1Cl. The zero-order valence-electron chi connectivity index (χ0n) is 8.43. The van der Waals surface area contributed by atoms with Crippen LogP contribution in [0.1, 0.15) is 13.3 Å². The zero-order valence-corrected chi connectivity index (χ0v) is 11.6. The van der Waals surface area contributed by atoms with Gasteiger partial charge in [0.15, 0.2) is 0 Å². The van der Waals surface area contributed by atoms with Gasteiger partial charge in [0, 0.05) is 4.47 Å². The van der Waals surface area contributed by atoms with Crippen molar-refractivity contribution in [2.45, 2.75) is 13.3 Å². The molecule has 1 N–H and O–H groups in total. The van der Waals surface area contributed by atoms with E-state index in [4.69, 9.17) is 11.6 Å². The van der Waals surface area contributed by atoms with Crippen LogP contribution in [-0.4, -0.2) is 14.2 Å². The molecule has 0 aliphatic rings. The standard InChI is InChI=1S/C9H10BrClFNO2S/c1-2-3-16(14,15)13-8-5-6(12)4-7(10)9(8)11/h4-5,13H,2-3H2,1H3.